The van der Waals surface area contributed by atoms with Crippen molar-refractivity contribution in [1.29, 1.82) is 0 Å². The number of carbonyl (C=O) groups is 1. The van der Waals surface area contributed by atoms with Crippen LogP contribution in [-0.4, -0.2) is 20.9 Å². The monoisotopic (exact) mass is 408 g/mol. The van der Waals surface area contributed by atoms with Gasteiger partial charge in [-0.3, -0.25) is 9.52 Å². The van der Waals surface area contributed by atoms with Crippen LogP contribution in [0.3, 0.4) is 0 Å². The molecule has 1 aliphatic heterocycles. The van der Waals surface area contributed by atoms with Crippen molar-refractivity contribution < 1.29 is 13.2 Å². The highest BCUT2D eigenvalue weighted by atomic mass is 32.2. The Labute approximate surface area is 171 Å². The molecule has 1 aliphatic rings. The van der Waals surface area contributed by atoms with Crippen LogP contribution in [0.15, 0.2) is 65.6 Å². The number of nitrogens with zero attached hydrogens (tertiary/aromatic N) is 1. The first-order valence-electron chi connectivity index (χ1n) is 9.62. The van der Waals surface area contributed by atoms with Crippen LogP contribution in [0, 0.1) is 5.41 Å². The largest absolute Gasteiger partial charge is 0.311 e. The molecule has 0 fully saturated rings. The molecule has 3 aromatic carbocycles. The number of amides is 1. The molecule has 0 spiro atoms. The minimum absolute atomic E-state index is 0.0327. The molecule has 3 aromatic rings. The molecule has 1 amide bonds. The maximum absolute atomic E-state index is 13.1. The topological polar surface area (TPSA) is 66.5 Å². The average Bonchev–Trinajstić information content (AvgIpc) is 3.09. The zero-order valence-corrected chi connectivity index (χ0v) is 17.6. The Kier molecular flexibility index (Phi) is 4.62. The number of benzene rings is 3. The molecule has 0 aromatic heterocycles. The number of fused-ring (bicyclic) bond motifs is 2. The van der Waals surface area contributed by atoms with Crippen molar-refractivity contribution in [3.63, 3.8) is 0 Å². The van der Waals surface area contributed by atoms with Gasteiger partial charge >= 0.3 is 0 Å². The van der Waals surface area contributed by atoms with Crippen molar-refractivity contribution in [3.8, 4) is 0 Å². The van der Waals surface area contributed by atoms with Crippen molar-refractivity contribution in [2.45, 2.75) is 32.1 Å². The maximum Gasteiger partial charge on any atom is 0.262 e. The van der Waals surface area contributed by atoms with Gasteiger partial charge in [0.05, 0.1) is 10.6 Å². The van der Waals surface area contributed by atoms with E-state index in [1.165, 1.54) is 0 Å². The summed E-state index contributed by atoms with van der Waals surface area (Å²) in [5, 5.41) is 1.54. The van der Waals surface area contributed by atoms with Crippen molar-refractivity contribution in [3.05, 3.63) is 66.2 Å². The number of nitrogens with one attached hydrogen (secondary N) is 1. The summed E-state index contributed by atoms with van der Waals surface area (Å²) in [5.41, 5.74) is 1.78. The van der Waals surface area contributed by atoms with Gasteiger partial charge in [-0.15, -0.1) is 0 Å². The highest BCUT2D eigenvalue weighted by Crippen LogP contribution is 2.35. The molecular weight excluding hydrogens is 384 g/mol. The maximum atomic E-state index is 13.1. The van der Waals surface area contributed by atoms with Gasteiger partial charge in [0, 0.05) is 23.0 Å². The van der Waals surface area contributed by atoms with Gasteiger partial charge in [0.2, 0.25) is 5.91 Å². The van der Waals surface area contributed by atoms with Gasteiger partial charge in [-0.1, -0.05) is 63.2 Å². The second-order valence-electron chi connectivity index (χ2n) is 8.38. The fourth-order valence-corrected chi connectivity index (χ4v) is 4.98. The van der Waals surface area contributed by atoms with E-state index >= 15 is 0 Å². The van der Waals surface area contributed by atoms with E-state index in [1.54, 1.807) is 35.2 Å². The lowest BCUT2D eigenvalue weighted by molar-refractivity contribution is -0.125. The summed E-state index contributed by atoms with van der Waals surface area (Å²) < 4.78 is 28.9. The van der Waals surface area contributed by atoms with Crippen molar-refractivity contribution in [2.24, 2.45) is 5.41 Å². The van der Waals surface area contributed by atoms with Gasteiger partial charge < -0.3 is 4.90 Å². The number of hydrogen-bond acceptors (Lipinski definition) is 3. The molecule has 5 nitrogen and oxygen atoms in total. The van der Waals surface area contributed by atoms with E-state index in [4.69, 9.17) is 0 Å². The summed E-state index contributed by atoms with van der Waals surface area (Å²) >= 11 is 0. The molecule has 1 heterocycles. The van der Waals surface area contributed by atoms with Crippen LogP contribution in [0.5, 0.6) is 0 Å². The minimum Gasteiger partial charge on any atom is -0.311 e. The van der Waals surface area contributed by atoms with Crippen LogP contribution in [0.4, 0.5) is 11.4 Å². The molecule has 29 heavy (non-hydrogen) atoms. The first kappa shape index (κ1) is 19.5. The quantitative estimate of drug-likeness (QED) is 0.690. The van der Waals surface area contributed by atoms with Gasteiger partial charge in [-0.25, -0.2) is 8.42 Å². The Morgan fingerprint density at radius 1 is 1.00 bits per heavy atom. The smallest absolute Gasteiger partial charge is 0.262 e. The lowest BCUT2D eigenvalue weighted by Gasteiger charge is -2.26. The highest BCUT2D eigenvalue weighted by Gasteiger charge is 2.32. The number of rotatable bonds is 3. The fraction of sp³-hybridized carbons (Fsp3) is 0.261. The van der Waals surface area contributed by atoms with Gasteiger partial charge in [0.15, 0.2) is 0 Å². The van der Waals surface area contributed by atoms with Gasteiger partial charge in [0.25, 0.3) is 10.0 Å². The highest BCUT2D eigenvalue weighted by molar-refractivity contribution is 7.93. The van der Waals surface area contributed by atoms with Crippen molar-refractivity contribution in [1.82, 2.24) is 0 Å². The molecule has 6 heteroatoms. The predicted molar refractivity (Wildman–Crippen MR) is 117 cm³/mol. The van der Waals surface area contributed by atoms with Crippen LogP contribution in [-0.2, 0) is 21.2 Å². The van der Waals surface area contributed by atoms with E-state index < -0.39 is 15.4 Å². The van der Waals surface area contributed by atoms with Crippen LogP contribution in [0.1, 0.15) is 26.3 Å². The Bertz CT molecular complexity index is 1210. The first-order chi connectivity index (χ1) is 13.7. The molecule has 0 bridgehead atoms. The van der Waals surface area contributed by atoms with Gasteiger partial charge in [0.1, 0.15) is 0 Å². The minimum atomic E-state index is -3.78. The number of sulfonamides is 1. The molecule has 4 rings (SSSR count). The summed E-state index contributed by atoms with van der Waals surface area (Å²) in [6.07, 6.45) is 0.771. The lowest BCUT2D eigenvalue weighted by Crippen LogP contribution is -2.38. The second kappa shape index (κ2) is 6.88. The predicted octanol–water partition coefficient (Wildman–Crippen LogP) is 4.58. The standard InChI is InChI=1S/C23H24N2O3S/c1-23(2,3)22(26)25-14-13-17-11-12-18(15-20(17)25)24-29(27,28)21-10-6-8-16-7-4-5-9-19(16)21/h4-12,15,24H,13-14H2,1-3H3. The fourth-order valence-electron chi connectivity index (χ4n) is 3.70. The Morgan fingerprint density at radius 2 is 1.72 bits per heavy atom. The van der Waals surface area contributed by atoms with E-state index in [9.17, 15) is 13.2 Å². The van der Waals surface area contributed by atoms with E-state index in [1.807, 2.05) is 51.1 Å². The molecular formula is C23H24N2O3S. The molecule has 0 unspecified atom stereocenters. The molecule has 0 atom stereocenters. The van der Waals surface area contributed by atoms with Gasteiger partial charge in [-0.2, -0.15) is 0 Å². The van der Waals surface area contributed by atoms with E-state index in [0.29, 0.717) is 17.6 Å². The van der Waals surface area contributed by atoms with Crippen LogP contribution in [0.2, 0.25) is 0 Å². The summed E-state index contributed by atoms with van der Waals surface area (Å²) in [4.78, 5) is 14.8. The summed E-state index contributed by atoms with van der Waals surface area (Å²) in [6.45, 7) is 6.28. The van der Waals surface area contributed by atoms with Crippen LogP contribution < -0.4 is 9.62 Å². The van der Waals surface area contributed by atoms with Crippen molar-refractivity contribution >= 4 is 38.1 Å². The summed E-state index contributed by atoms with van der Waals surface area (Å²) in [6, 6.07) is 18.0. The summed E-state index contributed by atoms with van der Waals surface area (Å²) in [5.74, 6) is 0.0327. The zero-order chi connectivity index (χ0) is 20.8. The van der Waals surface area contributed by atoms with E-state index in [2.05, 4.69) is 4.72 Å². The first-order valence-corrected chi connectivity index (χ1v) is 11.1. The molecule has 0 saturated carbocycles. The van der Waals surface area contributed by atoms with Gasteiger partial charge in [-0.05, 0) is 35.6 Å². The van der Waals surface area contributed by atoms with Crippen molar-refractivity contribution in [2.75, 3.05) is 16.2 Å². The van der Waals surface area contributed by atoms with Crippen LogP contribution >= 0.6 is 0 Å². The van der Waals surface area contributed by atoms with Crippen LogP contribution in [0.25, 0.3) is 10.8 Å². The normalized spacial score (nSPS) is 14.1. The lowest BCUT2D eigenvalue weighted by atomic mass is 9.94. The number of hydrogen-bond donors (Lipinski definition) is 1. The molecule has 0 radical (unpaired) electrons. The average molecular weight is 409 g/mol. The second-order valence-corrected chi connectivity index (χ2v) is 10.0. The van der Waals surface area contributed by atoms with E-state index in [0.717, 1.165) is 23.1 Å². The molecule has 150 valence electrons. The number of carbonyl (C=O) groups excluding carboxylic acids is 1. The SMILES string of the molecule is CC(C)(C)C(=O)N1CCc2ccc(NS(=O)(=O)c3cccc4ccccc34)cc21. The third-order valence-electron chi connectivity index (χ3n) is 5.16. The third kappa shape index (κ3) is 3.60. The Balaban J connectivity index is 1.70. The Hall–Kier alpha value is -2.86. The summed E-state index contributed by atoms with van der Waals surface area (Å²) in [7, 11) is -3.78. The number of anilines is 2. The van der Waals surface area contributed by atoms with E-state index in [-0.39, 0.29) is 10.8 Å². The molecule has 1 N–H and O–H groups in total. The third-order valence-corrected chi connectivity index (χ3v) is 6.60. The molecule has 0 aliphatic carbocycles. The Morgan fingerprint density at radius 3 is 2.48 bits per heavy atom. The molecule has 0 saturated heterocycles. The zero-order valence-electron chi connectivity index (χ0n) is 16.8.